The number of thiazole rings is 1. The summed E-state index contributed by atoms with van der Waals surface area (Å²) >= 11 is 1.64. The van der Waals surface area contributed by atoms with E-state index in [0.29, 0.717) is 17.2 Å². The Labute approximate surface area is 128 Å². The van der Waals surface area contributed by atoms with Crippen molar-refractivity contribution in [2.75, 3.05) is 28.4 Å². The van der Waals surface area contributed by atoms with Crippen LogP contribution in [0.5, 0.6) is 17.2 Å². The van der Waals surface area contributed by atoms with Gasteiger partial charge in [-0.1, -0.05) is 0 Å². The standard InChI is InChI=1S/C15H20N2O3S/c1-16-11(9-13-17-7-8-21-13)10-5-6-12(18-2)15(20-4)14(10)19-3/h5-8,11,16H,9H2,1-4H3. The zero-order chi connectivity index (χ0) is 15.2. The zero-order valence-electron chi connectivity index (χ0n) is 12.7. The van der Waals surface area contributed by atoms with Gasteiger partial charge in [0.1, 0.15) is 0 Å². The van der Waals surface area contributed by atoms with Crippen molar-refractivity contribution in [1.82, 2.24) is 10.3 Å². The molecule has 21 heavy (non-hydrogen) atoms. The van der Waals surface area contributed by atoms with Crippen LogP contribution in [-0.4, -0.2) is 33.4 Å². The molecule has 0 saturated heterocycles. The summed E-state index contributed by atoms with van der Waals surface area (Å²) in [5.74, 6) is 1.95. The Bertz CT molecular complexity index is 573. The van der Waals surface area contributed by atoms with Crippen LogP contribution in [0.1, 0.15) is 16.6 Å². The molecular formula is C15H20N2O3S. The molecule has 0 aliphatic carbocycles. The maximum Gasteiger partial charge on any atom is 0.203 e. The van der Waals surface area contributed by atoms with Crippen LogP contribution in [0.15, 0.2) is 23.7 Å². The number of likely N-dealkylation sites (N-methyl/N-ethyl adjacent to an activating group) is 1. The lowest BCUT2D eigenvalue weighted by molar-refractivity contribution is 0.319. The van der Waals surface area contributed by atoms with E-state index >= 15 is 0 Å². The lowest BCUT2D eigenvalue weighted by Gasteiger charge is -2.21. The van der Waals surface area contributed by atoms with Gasteiger partial charge in [-0.05, 0) is 19.2 Å². The van der Waals surface area contributed by atoms with Gasteiger partial charge in [-0.15, -0.1) is 11.3 Å². The van der Waals surface area contributed by atoms with Crippen molar-refractivity contribution in [3.8, 4) is 17.2 Å². The highest BCUT2D eigenvalue weighted by Gasteiger charge is 2.22. The van der Waals surface area contributed by atoms with E-state index in [1.165, 1.54) is 0 Å². The number of aromatic nitrogens is 1. The van der Waals surface area contributed by atoms with E-state index in [0.717, 1.165) is 17.0 Å². The molecule has 1 atom stereocenters. The fraction of sp³-hybridized carbons (Fsp3) is 0.400. The van der Waals surface area contributed by atoms with Crippen molar-refractivity contribution in [2.24, 2.45) is 0 Å². The van der Waals surface area contributed by atoms with Crippen LogP contribution in [0.2, 0.25) is 0 Å². The number of benzene rings is 1. The van der Waals surface area contributed by atoms with Crippen LogP contribution < -0.4 is 19.5 Å². The Morgan fingerprint density at radius 2 is 1.90 bits per heavy atom. The minimum Gasteiger partial charge on any atom is -0.493 e. The van der Waals surface area contributed by atoms with E-state index in [2.05, 4.69) is 10.3 Å². The van der Waals surface area contributed by atoms with Gasteiger partial charge in [0.25, 0.3) is 0 Å². The Balaban J connectivity index is 2.40. The van der Waals surface area contributed by atoms with E-state index in [1.54, 1.807) is 32.7 Å². The molecule has 6 heteroatoms. The lowest BCUT2D eigenvalue weighted by Crippen LogP contribution is -2.19. The van der Waals surface area contributed by atoms with Gasteiger partial charge in [0.2, 0.25) is 5.75 Å². The lowest BCUT2D eigenvalue weighted by atomic mass is 10.0. The third-order valence-corrected chi connectivity index (χ3v) is 4.12. The maximum atomic E-state index is 5.55. The molecule has 0 amide bonds. The zero-order valence-corrected chi connectivity index (χ0v) is 13.5. The van der Waals surface area contributed by atoms with Crippen molar-refractivity contribution in [3.63, 3.8) is 0 Å². The van der Waals surface area contributed by atoms with Crippen LogP contribution in [0.4, 0.5) is 0 Å². The molecule has 5 nitrogen and oxygen atoms in total. The summed E-state index contributed by atoms with van der Waals surface area (Å²) in [6.45, 7) is 0. The Kier molecular flexibility index (Phi) is 5.41. The second-order valence-electron chi connectivity index (χ2n) is 4.39. The van der Waals surface area contributed by atoms with Gasteiger partial charge in [0.15, 0.2) is 11.5 Å². The molecule has 0 aliphatic heterocycles. The van der Waals surface area contributed by atoms with Crippen molar-refractivity contribution in [1.29, 1.82) is 0 Å². The predicted octanol–water partition coefficient (Wildman–Crippen LogP) is 2.67. The summed E-state index contributed by atoms with van der Waals surface area (Å²) in [6.07, 6.45) is 2.61. The average molecular weight is 308 g/mol. The van der Waals surface area contributed by atoms with Crippen molar-refractivity contribution >= 4 is 11.3 Å². The summed E-state index contributed by atoms with van der Waals surface area (Å²) in [7, 11) is 6.78. The molecule has 2 rings (SSSR count). The molecule has 2 aromatic rings. The number of methoxy groups -OCH3 is 3. The van der Waals surface area contributed by atoms with Crippen molar-refractivity contribution in [3.05, 3.63) is 34.3 Å². The van der Waals surface area contributed by atoms with E-state index in [1.807, 2.05) is 30.8 Å². The van der Waals surface area contributed by atoms with Gasteiger partial charge >= 0.3 is 0 Å². The molecule has 0 spiro atoms. The third kappa shape index (κ3) is 3.28. The highest BCUT2D eigenvalue weighted by atomic mass is 32.1. The summed E-state index contributed by atoms with van der Waals surface area (Å²) in [5, 5.41) is 6.37. The largest absolute Gasteiger partial charge is 0.493 e. The molecule has 1 heterocycles. The van der Waals surface area contributed by atoms with Crippen LogP contribution in [0.3, 0.4) is 0 Å². The van der Waals surface area contributed by atoms with E-state index < -0.39 is 0 Å². The molecule has 1 unspecified atom stereocenters. The first kappa shape index (κ1) is 15.6. The Morgan fingerprint density at radius 3 is 2.43 bits per heavy atom. The number of hydrogen-bond donors (Lipinski definition) is 1. The van der Waals surface area contributed by atoms with Crippen LogP contribution >= 0.6 is 11.3 Å². The molecule has 0 radical (unpaired) electrons. The van der Waals surface area contributed by atoms with Gasteiger partial charge in [-0.25, -0.2) is 4.98 Å². The molecule has 0 fully saturated rings. The summed E-state index contributed by atoms with van der Waals surface area (Å²) in [5.41, 5.74) is 1.02. The minimum absolute atomic E-state index is 0.0888. The number of nitrogens with one attached hydrogen (secondary N) is 1. The number of ether oxygens (including phenoxy) is 3. The first-order valence-corrected chi connectivity index (χ1v) is 7.47. The van der Waals surface area contributed by atoms with E-state index in [9.17, 15) is 0 Å². The number of rotatable bonds is 7. The van der Waals surface area contributed by atoms with E-state index in [4.69, 9.17) is 14.2 Å². The van der Waals surface area contributed by atoms with Crippen LogP contribution in [0.25, 0.3) is 0 Å². The summed E-state index contributed by atoms with van der Waals surface area (Å²) < 4.78 is 16.3. The monoisotopic (exact) mass is 308 g/mol. The summed E-state index contributed by atoms with van der Waals surface area (Å²) in [4.78, 5) is 4.34. The van der Waals surface area contributed by atoms with Crippen LogP contribution in [0, 0.1) is 0 Å². The third-order valence-electron chi connectivity index (χ3n) is 3.32. The van der Waals surface area contributed by atoms with Gasteiger partial charge in [0.05, 0.1) is 26.3 Å². The second-order valence-corrected chi connectivity index (χ2v) is 5.37. The molecule has 0 aliphatic rings. The quantitative estimate of drug-likeness (QED) is 0.852. The highest BCUT2D eigenvalue weighted by molar-refractivity contribution is 7.09. The van der Waals surface area contributed by atoms with Gasteiger partial charge in [0, 0.05) is 29.6 Å². The topological polar surface area (TPSA) is 52.6 Å². The number of nitrogens with zero attached hydrogens (tertiary/aromatic N) is 1. The van der Waals surface area contributed by atoms with Crippen molar-refractivity contribution in [2.45, 2.75) is 12.5 Å². The fourth-order valence-corrected chi connectivity index (χ4v) is 2.96. The SMILES string of the molecule is CNC(Cc1nccs1)c1ccc(OC)c(OC)c1OC. The molecule has 1 aromatic heterocycles. The minimum atomic E-state index is 0.0888. The fourth-order valence-electron chi connectivity index (χ4n) is 2.29. The predicted molar refractivity (Wildman–Crippen MR) is 83.7 cm³/mol. The molecule has 0 bridgehead atoms. The maximum absolute atomic E-state index is 5.55. The normalized spacial score (nSPS) is 12.0. The smallest absolute Gasteiger partial charge is 0.203 e. The van der Waals surface area contributed by atoms with Gasteiger partial charge < -0.3 is 19.5 Å². The van der Waals surface area contributed by atoms with Gasteiger partial charge in [-0.3, -0.25) is 0 Å². The second kappa shape index (κ2) is 7.28. The molecule has 114 valence electrons. The first-order valence-electron chi connectivity index (χ1n) is 6.59. The number of hydrogen-bond acceptors (Lipinski definition) is 6. The molecule has 1 aromatic carbocycles. The van der Waals surface area contributed by atoms with Crippen molar-refractivity contribution < 1.29 is 14.2 Å². The van der Waals surface area contributed by atoms with Gasteiger partial charge in [-0.2, -0.15) is 0 Å². The molecular weight excluding hydrogens is 288 g/mol. The van der Waals surface area contributed by atoms with E-state index in [-0.39, 0.29) is 6.04 Å². The Hall–Kier alpha value is -1.79. The molecule has 1 N–H and O–H groups in total. The summed E-state index contributed by atoms with van der Waals surface area (Å²) in [6, 6.07) is 3.98. The highest BCUT2D eigenvalue weighted by Crippen LogP contribution is 2.42. The average Bonchev–Trinajstić information content (AvgIpc) is 3.04. The first-order chi connectivity index (χ1) is 10.2. The van der Waals surface area contributed by atoms with Crippen LogP contribution in [-0.2, 0) is 6.42 Å². The molecule has 0 saturated carbocycles. The Morgan fingerprint density at radius 1 is 1.14 bits per heavy atom.